The molecular formula is C23H17F3N6O3S. The fourth-order valence-corrected chi connectivity index (χ4v) is 4.83. The van der Waals surface area contributed by atoms with E-state index >= 15 is 4.39 Å². The number of rotatable bonds is 6. The number of benzene rings is 2. The number of nitriles is 1. The number of nitrogens with zero attached hydrogens (tertiary/aromatic N) is 4. The molecule has 0 aliphatic carbocycles. The van der Waals surface area contributed by atoms with E-state index in [2.05, 4.69) is 9.97 Å². The number of nitrogens with one attached hydrogen (secondary N) is 1. The zero-order valence-electron chi connectivity index (χ0n) is 18.6. The first-order valence-electron chi connectivity index (χ1n) is 10.4. The van der Waals surface area contributed by atoms with Crippen LogP contribution < -0.4 is 16.0 Å². The fraction of sp³-hybridized carbons (Fsp3) is 0.130. The van der Waals surface area contributed by atoms with Gasteiger partial charge < -0.3 is 5.73 Å². The van der Waals surface area contributed by atoms with Gasteiger partial charge in [0.25, 0.3) is 5.56 Å². The van der Waals surface area contributed by atoms with Gasteiger partial charge >= 0.3 is 0 Å². The topological polar surface area (TPSA) is 144 Å². The van der Waals surface area contributed by atoms with Crippen molar-refractivity contribution in [2.24, 2.45) is 0 Å². The molecule has 0 fully saturated rings. The number of aryl methyl sites for hydroxylation is 1. The number of nitrogen functional groups attached to an aromatic ring is 1. The highest BCUT2D eigenvalue weighted by Gasteiger charge is 2.25. The highest BCUT2D eigenvalue weighted by atomic mass is 32.2. The average Bonchev–Trinajstić information content (AvgIpc) is 2.84. The van der Waals surface area contributed by atoms with E-state index in [1.54, 1.807) is 11.6 Å². The lowest BCUT2D eigenvalue weighted by molar-refractivity contribution is 0.502. The van der Waals surface area contributed by atoms with Crippen LogP contribution in [-0.4, -0.2) is 23.0 Å². The molecule has 13 heteroatoms. The molecule has 2 aromatic carbocycles. The van der Waals surface area contributed by atoms with Gasteiger partial charge in [-0.05, 0) is 36.8 Å². The summed E-state index contributed by atoms with van der Waals surface area (Å²) in [4.78, 5) is 20.8. The molecule has 0 aliphatic rings. The third-order valence-electron chi connectivity index (χ3n) is 5.31. The molecule has 0 atom stereocenters. The summed E-state index contributed by atoms with van der Waals surface area (Å²) in [6.07, 6.45) is 1.28. The van der Waals surface area contributed by atoms with Crippen LogP contribution in [0.15, 0.2) is 47.4 Å². The number of hydrogen-bond donors (Lipinski definition) is 2. The molecular weight excluding hydrogens is 497 g/mol. The number of halogens is 3. The average molecular weight is 514 g/mol. The van der Waals surface area contributed by atoms with Gasteiger partial charge in [0.2, 0.25) is 16.0 Å². The molecule has 0 spiro atoms. The Hall–Kier alpha value is -4.44. The fourth-order valence-electron chi connectivity index (χ4n) is 3.63. The molecule has 0 unspecified atom stereocenters. The van der Waals surface area contributed by atoms with Crippen LogP contribution in [0, 0.1) is 28.8 Å². The van der Waals surface area contributed by atoms with Crippen LogP contribution in [-0.2, 0) is 22.3 Å². The Labute approximate surface area is 202 Å². The van der Waals surface area contributed by atoms with E-state index in [4.69, 9.17) is 11.0 Å². The van der Waals surface area contributed by atoms with Crippen LogP contribution in [0.4, 0.5) is 24.8 Å². The predicted octanol–water partition coefficient (Wildman–Crippen LogP) is 3.29. The van der Waals surface area contributed by atoms with Gasteiger partial charge in [0.05, 0.1) is 22.9 Å². The summed E-state index contributed by atoms with van der Waals surface area (Å²) in [5.41, 5.74) is 3.18. The molecule has 184 valence electrons. The number of aromatic nitrogens is 3. The van der Waals surface area contributed by atoms with E-state index in [1.807, 2.05) is 6.07 Å². The van der Waals surface area contributed by atoms with Crippen LogP contribution in [0.5, 0.6) is 0 Å². The number of hydrogen-bond acceptors (Lipinski definition) is 7. The van der Waals surface area contributed by atoms with Gasteiger partial charge in [-0.25, -0.2) is 26.6 Å². The molecule has 4 aromatic rings. The Kier molecular flexibility index (Phi) is 6.38. The molecule has 0 aliphatic heterocycles. The maximum Gasteiger partial charge on any atom is 0.260 e. The second-order valence-electron chi connectivity index (χ2n) is 7.69. The highest BCUT2D eigenvalue weighted by Crippen LogP contribution is 2.32. The van der Waals surface area contributed by atoms with Gasteiger partial charge in [-0.3, -0.25) is 14.1 Å². The highest BCUT2D eigenvalue weighted by molar-refractivity contribution is 7.91. The van der Waals surface area contributed by atoms with Gasteiger partial charge in [-0.1, -0.05) is 12.1 Å². The third-order valence-corrected chi connectivity index (χ3v) is 6.54. The Morgan fingerprint density at radius 3 is 2.44 bits per heavy atom. The predicted molar refractivity (Wildman–Crippen MR) is 127 cm³/mol. The van der Waals surface area contributed by atoms with Crippen LogP contribution in [0.2, 0.25) is 0 Å². The molecule has 9 nitrogen and oxygen atoms in total. The normalized spacial score (nSPS) is 11.4. The first-order chi connectivity index (χ1) is 17.0. The van der Waals surface area contributed by atoms with E-state index in [0.717, 1.165) is 4.57 Å². The van der Waals surface area contributed by atoms with Crippen molar-refractivity contribution in [1.82, 2.24) is 14.5 Å². The van der Waals surface area contributed by atoms with E-state index in [1.165, 1.54) is 36.5 Å². The van der Waals surface area contributed by atoms with Crippen LogP contribution in [0.3, 0.4) is 0 Å². The summed E-state index contributed by atoms with van der Waals surface area (Å²) in [5, 5.41) is 9.10. The van der Waals surface area contributed by atoms with Crippen molar-refractivity contribution in [3.63, 3.8) is 0 Å². The second-order valence-corrected chi connectivity index (χ2v) is 9.42. The smallest absolute Gasteiger partial charge is 0.260 e. The molecule has 2 heterocycles. The summed E-state index contributed by atoms with van der Waals surface area (Å²) in [5.74, 6) is -5.65. The molecule has 4 rings (SSSR count). The third kappa shape index (κ3) is 4.58. The number of anilines is 2. The minimum atomic E-state index is -4.37. The number of sulfonamides is 1. The first-order valence-corrected chi connectivity index (χ1v) is 12.0. The van der Waals surface area contributed by atoms with Crippen LogP contribution in [0.25, 0.3) is 22.2 Å². The summed E-state index contributed by atoms with van der Waals surface area (Å²) < 4.78 is 72.8. The lowest BCUT2D eigenvalue weighted by Crippen LogP contribution is -2.23. The summed E-state index contributed by atoms with van der Waals surface area (Å²) in [6, 6.07) is 9.09. The lowest BCUT2D eigenvalue weighted by Gasteiger charge is -2.14. The van der Waals surface area contributed by atoms with Crippen molar-refractivity contribution in [1.29, 1.82) is 5.26 Å². The molecule has 0 radical (unpaired) electrons. The van der Waals surface area contributed by atoms with Gasteiger partial charge in [0.15, 0.2) is 17.5 Å². The minimum Gasteiger partial charge on any atom is -0.368 e. The second kappa shape index (κ2) is 9.31. The maximum absolute atomic E-state index is 15.1. The molecule has 3 N–H and O–H groups in total. The Morgan fingerprint density at radius 2 is 1.81 bits per heavy atom. The van der Waals surface area contributed by atoms with E-state index in [-0.39, 0.29) is 34.7 Å². The Bertz CT molecular complexity index is 1720. The van der Waals surface area contributed by atoms with E-state index in [0.29, 0.717) is 11.6 Å². The standard InChI is InChI=1S/C23H17F3N6O3S/c1-2-32-21-14(10-29-23(28)30-21)7-16(22(32)33)15-8-17(24)20(19(26)18(15)25)31-36(34,35)11-13-5-3-12(9-27)4-6-13/h3-8,10,31H,2,11H2,1H3,(H2,28,29,30). The largest absolute Gasteiger partial charge is 0.368 e. The van der Waals surface area contributed by atoms with E-state index < -0.39 is 50.0 Å². The Morgan fingerprint density at radius 1 is 1.11 bits per heavy atom. The van der Waals surface area contributed by atoms with Gasteiger partial charge in [0, 0.05) is 23.7 Å². The molecule has 0 bridgehead atoms. The van der Waals surface area contributed by atoms with Crippen LogP contribution in [0.1, 0.15) is 18.1 Å². The van der Waals surface area contributed by atoms with Crippen molar-refractivity contribution in [3.8, 4) is 17.2 Å². The number of fused-ring (bicyclic) bond motifs is 1. The maximum atomic E-state index is 15.1. The zero-order valence-corrected chi connectivity index (χ0v) is 19.4. The molecule has 2 aromatic heterocycles. The van der Waals surface area contributed by atoms with Gasteiger partial charge in [-0.15, -0.1) is 0 Å². The van der Waals surface area contributed by atoms with Crippen molar-refractivity contribution in [2.75, 3.05) is 10.5 Å². The quantitative estimate of drug-likeness (QED) is 0.376. The molecule has 0 saturated heterocycles. The molecule has 0 amide bonds. The number of pyridine rings is 1. The minimum absolute atomic E-state index is 0.0967. The molecule has 0 saturated carbocycles. The summed E-state index contributed by atoms with van der Waals surface area (Å²) in [7, 11) is -4.37. The summed E-state index contributed by atoms with van der Waals surface area (Å²) >= 11 is 0. The van der Waals surface area contributed by atoms with Gasteiger partial charge in [-0.2, -0.15) is 10.2 Å². The van der Waals surface area contributed by atoms with Crippen molar-refractivity contribution in [3.05, 3.63) is 81.5 Å². The Balaban J connectivity index is 1.76. The lowest BCUT2D eigenvalue weighted by atomic mass is 10.0. The SMILES string of the molecule is CCn1c(=O)c(-c2cc(F)c(NS(=O)(=O)Cc3ccc(C#N)cc3)c(F)c2F)cc2cnc(N)nc21. The van der Waals surface area contributed by atoms with E-state index in [9.17, 15) is 22.0 Å². The van der Waals surface area contributed by atoms with Crippen LogP contribution >= 0.6 is 0 Å². The first kappa shape index (κ1) is 24.7. The summed E-state index contributed by atoms with van der Waals surface area (Å²) in [6.45, 7) is 1.71. The van der Waals surface area contributed by atoms with Crippen molar-refractivity contribution >= 4 is 32.7 Å². The molecule has 36 heavy (non-hydrogen) atoms. The van der Waals surface area contributed by atoms with Crippen molar-refractivity contribution in [2.45, 2.75) is 19.2 Å². The number of nitrogens with two attached hydrogens (primary N) is 1. The van der Waals surface area contributed by atoms with Crippen molar-refractivity contribution < 1.29 is 21.6 Å². The van der Waals surface area contributed by atoms with Gasteiger partial charge in [0.1, 0.15) is 11.3 Å². The monoisotopic (exact) mass is 514 g/mol. The zero-order chi connectivity index (χ0) is 26.2.